The molecule has 1 aromatic heterocycles. The second-order valence-corrected chi connectivity index (χ2v) is 7.13. The van der Waals surface area contributed by atoms with Crippen LogP contribution in [0.15, 0.2) is 59.1 Å². The second-order valence-electron chi connectivity index (χ2n) is 7.13. The molecule has 0 spiro atoms. The first kappa shape index (κ1) is 19.1. The van der Waals surface area contributed by atoms with Gasteiger partial charge in [0.15, 0.2) is 5.82 Å². The maximum absolute atomic E-state index is 12.3. The Balaban J connectivity index is 1.27. The van der Waals surface area contributed by atoms with E-state index in [1.54, 1.807) is 7.11 Å². The van der Waals surface area contributed by atoms with Gasteiger partial charge in [-0.15, -0.1) is 0 Å². The molecule has 0 aliphatic carbocycles. The van der Waals surface area contributed by atoms with Gasteiger partial charge in [0.2, 0.25) is 0 Å². The molecule has 1 saturated heterocycles. The first-order valence-electron chi connectivity index (χ1n) is 9.76. The number of methoxy groups -OCH3 is 1. The van der Waals surface area contributed by atoms with Crippen LogP contribution in [0.5, 0.6) is 5.75 Å². The maximum Gasteiger partial charge on any atom is 0.257 e. The zero-order chi connectivity index (χ0) is 20.1. The normalized spacial score (nSPS) is 15.2. The largest absolute Gasteiger partial charge is 0.497 e. The van der Waals surface area contributed by atoms with Crippen molar-refractivity contribution in [2.24, 2.45) is 0 Å². The number of nitrogens with zero attached hydrogens (tertiary/aromatic N) is 3. The zero-order valence-electron chi connectivity index (χ0n) is 16.4. The van der Waals surface area contributed by atoms with E-state index in [-0.39, 0.29) is 11.9 Å². The minimum atomic E-state index is -0.00801. The average Bonchev–Trinajstić information content (AvgIpc) is 3.24. The van der Waals surface area contributed by atoms with Crippen molar-refractivity contribution >= 4 is 5.91 Å². The molecule has 1 N–H and O–H groups in total. The van der Waals surface area contributed by atoms with Gasteiger partial charge in [0.05, 0.1) is 13.7 Å². The van der Waals surface area contributed by atoms with Crippen LogP contribution < -0.4 is 10.1 Å². The molecule has 1 aliphatic heterocycles. The molecule has 7 nitrogen and oxygen atoms in total. The van der Waals surface area contributed by atoms with E-state index in [9.17, 15) is 4.79 Å². The number of carbonyl (C=O) groups is 1. The lowest BCUT2D eigenvalue weighted by Gasteiger charge is -2.31. The molecule has 0 unspecified atom stereocenters. The summed E-state index contributed by atoms with van der Waals surface area (Å²) in [6.07, 6.45) is 1.81. The first-order chi connectivity index (χ1) is 14.2. The number of hydrogen-bond donors (Lipinski definition) is 1. The van der Waals surface area contributed by atoms with Gasteiger partial charge in [-0.25, -0.2) is 0 Å². The van der Waals surface area contributed by atoms with Crippen molar-refractivity contribution in [3.8, 4) is 17.2 Å². The lowest BCUT2D eigenvalue weighted by molar-refractivity contribution is 0.0908. The molecule has 3 aromatic rings. The minimum Gasteiger partial charge on any atom is -0.497 e. The van der Waals surface area contributed by atoms with Gasteiger partial charge in [0.1, 0.15) is 5.75 Å². The Morgan fingerprint density at radius 3 is 2.55 bits per heavy atom. The fourth-order valence-corrected chi connectivity index (χ4v) is 3.46. The molecule has 150 valence electrons. The van der Waals surface area contributed by atoms with Crippen molar-refractivity contribution in [2.45, 2.75) is 25.4 Å². The number of rotatable bonds is 6. The van der Waals surface area contributed by atoms with Crippen LogP contribution in [-0.2, 0) is 6.54 Å². The summed E-state index contributed by atoms with van der Waals surface area (Å²) in [5.41, 5.74) is 1.57. The second kappa shape index (κ2) is 8.87. The molecule has 0 atom stereocenters. The summed E-state index contributed by atoms with van der Waals surface area (Å²) in [4.78, 5) is 19.1. The third-order valence-corrected chi connectivity index (χ3v) is 5.13. The highest BCUT2D eigenvalue weighted by molar-refractivity contribution is 5.94. The van der Waals surface area contributed by atoms with Gasteiger partial charge in [-0.2, -0.15) is 4.98 Å². The Bertz CT molecular complexity index is 932. The van der Waals surface area contributed by atoms with Gasteiger partial charge in [0, 0.05) is 30.3 Å². The number of ether oxygens (including phenoxy) is 1. The van der Waals surface area contributed by atoms with Crippen molar-refractivity contribution in [1.82, 2.24) is 20.4 Å². The predicted octanol–water partition coefficient (Wildman–Crippen LogP) is 3.14. The fourth-order valence-electron chi connectivity index (χ4n) is 3.46. The van der Waals surface area contributed by atoms with Crippen molar-refractivity contribution in [3.05, 3.63) is 66.0 Å². The molecule has 29 heavy (non-hydrogen) atoms. The van der Waals surface area contributed by atoms with E-state index < -0.39 is 0 Å². The molecule has 0 saturated carbocycles. The number of benzene rings is 2. The Kier molecular flexibility index (Phi) is 5.86. The summed E-state index contributed by atoms with van der Waals surface area (Å²) in [5, 5.41) is 7.24. The van der Waals surface area contributed by atoms with Crippen molar-refractivity contribution < 1.29 is 14.1 Å². The van der Waals surface area contributed by atoms with Crippen LogP contribution in [0.4, 0.5) is 0 Å². The average molecular weight is 392 g/mol. The summed E-state index contributed by atoms with van der Waals surface area (Å²) in [5.74, 6) is 1.96. The SMILES string of the molecule is COc1ccc(-c2nc(CN3CCC(NC(=O)c4ccccc4)CC3)no2)cc1. The standard InChI is InChI=1S/C22H24N4O3/c1-28-19-9-7-17(8-10-19)22-24-20(25-29-22)15-26-13-11-18(12-14-26)23-21(27)16-5-3-2-4-6-16/h2-10,18H,11-15H2,1H3,(H,23,27). The lowest BCUT2D eigenvalue weighted by Crippen LogP contribution is -2.44. The molecule has 2 aromatic carbocycles. The number of carbonyl (C=O) groups excluding carboxylic acids is 1. The van der Waals surface area contributed by atoms with Crippen LogP contribution in [0.3, 0.4) is 0 Å². The summed E-state index contributed by atoms with van der Waals surface area (Å²) in [6, 6.07) is 17.1. The van der Waals surface area contributed by atoms with E-state index >= 15 is 0 Å². The van der Waals surface area contributed by atoms with Gasteiger partial charge in [0.25, 0.3) is 11.8 Å². The molecule has 0 bridgehead atoms. The molecular weight excluding hydrogens is 368 g/mol. The smallest absolute Gasteiger partial charge is 0.257 e. The highest BCUT2D eigenvalue weighted by atomic mass is 16.5. The highest BCUT2D eigenvalue weighted by Gasteiger charge is 2.22. The van der Waals surface area contributed by atoms with Crippen molar-refractivity contribution in [2.75, 3.05) is 20.2 Å². The summed E-state index contributed by atoms with van der Waals surface area (Å²) in [6.45, 7) is 2.40. The third-order valence-electron chi connectivity index (χ3n) is 5.13. The van der Waals surface area contributed by atoms with E-state index in [4.69, 9.17) is 9.26 Å². The Morgan fingerprint density at radius 1 is 1.14 bits per heavy atom. The molecule has 1 aliphatic rings. The number of aromatic nitrogens is 2. The van der Waals surface area contributed by atoms with Crippen LogP contribution in [0.1, 0.15) is 29.0 Å². The summed E-state index contributed by atoms with van der Waals surface area (Å²) < 4.78 is 10.6. The number of nitrogens with one attached hydrogen (secondary N) is 1. The van der Waals surface area contributed by atoms with E-state index in [0.29, 0.717) is 23.8 Å². The van der Waals surface area contributed by atoms with Crippen LogP contribution in [-0.4, -0.2) is 47.2 Å². The zero-order valence-corrected chi connectivity index (χ0v) is 16.4. The topological polar surface area (TPSA) is 80.5 Å². The molecular formula is C22H24N4O3. The Morgan fingerprint density at radius 2 is 1.86 bits per heavy atom. The van der Waals surface area contributed by atoms with Gasteiger partial charge >= 0.3 is 0 Å². The number of hydrogen-bond acceptors (Lipinski definition) is 6. The third kappa shape index (κ3) is 4.81. The molecule has 0 radical (unpaired) electrons. The van der Waals surface area contributed by atoms with Crippen LogP contribution in [0.25, 0.3) is 11.5 Å². The number of amides is 1. The maximum atomic E-state index is 12.3. The molecule has 1 fully saturated rings. The van der Waals surface area contributed by atoms with Gasteiger partial charge in [-0.1, -0.05) is 23.4 Å². The van der Waals surface area contributed by atoms with Gasteiger partial charge in [-0.3, -0.25) is 9.69 Å². The van der Waals surface area contributed by atoms with Crippen LogP contribution in [0.2, 0.25) is 0 Å². The Labute approximate surface area is 169 Å². The van der Waals surface area contributed by atoms with Crippen molar-refractivity contribution in [3.63, 3.8) is 0 Å². The van der Waals surface area contributed by atoms with E-state index in [0.717, 1.165) is 37.2 Å². The van der Waals surface area contributed by atoms with E-state index in [1.807, 2.05) is 54.6 Å². The predicted molar refractivity (Wildman–Crippen MR) is 108 cm³/mol. The van der Waals surface area contributed by atoms with Gasteiger partial charge < -0.3 is 14.6 Å². The minimum absolute atomic E-state index is 0.00801. The van der Waals surface area contributed by atoms with E-state index in [2.05, 4.69) is 20.4 Å². The lowest BCUT2D eigenvalue weighted by atomic mass is 10.0. The monoisotopic (exact) mass is 392 g/mol. The Hall–Kier alpha value is -3.19. The quantitative estimate of drug-likeness (QED) is 0.694. The van der Waals surface area contributed by atoms with Crippen molar-refractivity contribution in [1.29, 1.82) is 0 Å². The summed E-state index contributed by atoms with van der Waals surface area (Å²) in [7, 11) is 1.64. The van der Waals surface area contributed by atoms with Crippen LogP contribution in [0, 0.1) is 0 Å². The molecule has 2 heterocycles. The van der Waals surface area contributed by atoms with Crippen LogP contribution >= 0.6 is 0 Å². The number of likely N-dealkylation sites (tertiary alicyclic amines) is 1. The molecule has 4 rings (SSSR count). The van der Waals surface area contributed by atoms with E-state index in [1.165, 1.54) is 0 Å². The first-order valence-corrected chi connectivity index (χ1v) is 9.76. The summed E-state index contributed by atoms with van der Waals surface area (Å²) >= 11 is 0. The van der Waals surface area contributed by atoms with Gasteiger partial charge in [-0.05, 0) is 49.2 Å². The molecule has 7 heteroatoms. The number of piperidine rings is 1. The fraction of sp³-hybridized carbons (Fsp3) is 0.318. The molecule has 1 amide bonds. The highest BCUT2D eigenvalue weighted by Crippen LogP contribution is 2.21.